The van der Waals surface area contributed by atoms with Crippen molar-refractivity contribution in [1.82, 2.24) is 19.9 Å². The van der Waals surface area contributed by atoms with E-state index in [0.29, 0.717) is 0 Å². The Bertz CT molecular complexity index is 657. The summed E-state index contributed by atoms with van der Waals surface area (Å²) in [6.45, 7) is 6.76. The van der Waals surface area contributed by atoms with E-state index in [-0.39, 0.29) is 0 Å². The van der Waals surface area contributed by atoms with E-state index in [1.807, 2.05) is 19.1 Å². The van der Waals surface area contributed by atoms with E-state index >= 15 is 0 Å². The van der Waals surface area contributed by atoms with Crippen LogP contribution in [0.25, 0.3) is 11.0 Å². The third kappa shape index (κ3) is 2.54. The van der Waals surface area contributed by atoms with Crippen LogP contribution in [-0.4, -0.2) is 52.1 Å². The molecule has 0 N–H and O–H groups in total. The van der Waals surface area contributed by atoms with Crippen LogP contribution in [0.2, 0.25) is 0 Å². The van der Waals surface area contributed by atoms with Gasteiger partial charge in [0.25, 0.3) is 0 Å². The lowest BCUT2D eigenvalue weighted by Gasteiger charge is -2.37. The van der Waals surface area contributed by atoms with Gasteiger partial charge in [0.05, 0.1) is 5.52 Å². The smallest absolute Gasteiger partial charge is 0.158 e. The second-order valence-corrected chi connectivity index (χ2v) is 6.48. The van der Waals surface area contributed by atoms with E-state index in [4.69, 9.17) is 0 Å². The van der Waals surface area contributed by atoms with Crippen molar-refractivity contribution in [2.75, 3.05) is 31.1 Å². The fourth-order valence-corrected chi connectivity index (χ4v) is 3.81. The molecule has 2 aliphatic heterocycles. The van der Waals surface area contributed by atoms with Gasteiger partial charge in [-0.2, -0.15) is 0 Å². The van der Waals surface area contributed by atoms with Crippen LogP contribution in [0.15, 0.2) is 18.5 Å². The summed E-state index contributed by atoms with van der Waals surface area (Å²) in [6.07, 6.45) is 6.88. The Labute approximate surface area is 131 Å². The SMILES string of the molecule is Cc1ccc2ncnc(N3CCC(N4CCCC4)CC3)c2n1. The number of nitrogens with zero attached hydrogens (tertiary/aromatic N) is 5. The Balaban J connectivity index is 1.55. The van der Waals surface area contributed by atoms with Crippen molar-refractivity contribution in [2.24, 2.45) is 0 Å². The van der Waals surface area contributed by atoms with Crippen LogP contribution in [0.1, 0.15) is 31.4 Å². The van der Waals surface area contributed by atoms with Crippen molar-refractivity contribution in [2.45, 2.75) is 38.6 Å². The van der Waals surface area contributed by atoms with Crippen molar-refractivity contribution in [3.05, 3.63) is 24.2 Å². The van der Waals surface area contributed by atoms with Gasteiger partial charge < -0.3 is 9.80 Å². The van der Waals surface area contributed by atoms with E-state index in [1.165, 1.54) is 38.8 Å². The maximum absolute atomic E-state index is 4.67. The molecule has 0 aliphatic carbocycles. The zero-order valence-corrected chi connectivity index (χ0v) is 13.2. The van der Waals surface area contributed by atoms with Gasteiger partial charge in [-0.25, -0.2) is 15.0 Å². The summed E-state index contributed by atoms with van der Waals surface area (Å²) in [5, 5.41) is 0. The highest BCUT2D eigenvalue weighted by molar-refractivity contribution is 5.85. The van der Waals surface area contributed by atoms with Crippen LogP contribution >= 0.6 is 0 Å². The number of piperidine rings is 1. The zero-order chi connectivity index (χ0) is 14.9. The minimum absolute atomic E-state index is 0.765. The highest BCUT2D eigenvalue weighted by atomic mass is 15.2. The molecule has 0 spiro atoms. The van der Waals surface area contributed by atoms with Crippen molar-refractivity contribution >= 4 is 16.9 Å². The Morgan fingerprint density at radius 2 is 1.77 bits per heavy atom. The number of rotatable bonds is 2. The number of aromatic nitrogens is 3. The summed E-state index contributed by atoms with van der Waals surface area (Å²) in [7, 11) is 0. The van der Waals surface area contributed by atoms with Crippen molar-refractivity contribution in [3.8, 4) is 0 Å². The topological polar surface area (TPSA) is 45.2 Å². The quantitative estimate of drug-likeness (QED) is 0.851. The molecule has 4 heterocycles. The lowest BCUT2D eigenvalue weighted by Crippen LogP contribution is -2.44. The maximum Gasteiger partial charge on any atom is 0.158 e. The van der Waals surface area contributed by atoms with Gasteiger partial charge in [0.15, 0.2) is 5.82 Å². The molecule has 0 bridgehead atoms. The molecular formula is C17H23N5. The number of hydrogen-bond donors (Lipinski definition) is 0. The van der Waals surface area contributed by atoms with Gasteiger partial charge in [-0.3, -0.25) is 0 Å². The molecule has 2 aromatic heterocycles. The Morgan fingerprint density at radius 1 is 1.00 bits per heavy atom. The summed E-state index contributed by atoms with van der Waals surface area (Å²) in [6, 6.07) is 4.82. The largest absolute Gasteiger partial charge is 0.355 e. The fourth-order valence-electron chi connectivity index (χ4n) is 3.81. The molecule has 116 valence electrons. The van der Waals surface area contributed by atoms with E-state index in [9.17, 15) is 0 Å². The lowest BCUT2D eigenvalue weighted by molar-refractivity contribution is 0.207. The standard InChI is InChI=1S/C17H23N5/c1-13-4-5-15-16(20-13)17(19-12-18-15)22-10-6-14(7-11-22)21-8-2-3-9-21/h4-5,12,14H,2-3,6-11H2,1H3. The van der Waals surface area contributed by atoms with E-state index in [2.05, 4.69) is 24.8 Å². The summed E-state index contributed by atoms with van der Waals surface area (Å²) in [5.74, 6) is 1.01. The van der Waals surface area contributed by atoms with Crippen LogP contribution in [0.5, 0.6) is 0 Å². The van der Waals surface area contributed by atoms with Crippen molar-refractivity contribution < 1.29 is 0 Å². The molecule has 2 aliphatic rings. The molecule has 0 unspecified atom stereocenters. The number of fused-ring (bicyclic) bond motifs is 1. The minimum Gasteiger partial charge on any atom is -0.355 e. The molecule has 4 rings (SSSR count). The molecule has 0 radical (unpaired) electrons. The monoisotopic (exact) mass is 297 g/mol. The van der Waals surface area contributed by atoms with Crippen LogP contribution < -0.4 is 4.90 Å². The summed E-state index contributed by atoms with van der Waals surface area (Å²) < 4.78 is 0. The van der Waals surface area contributed by atoms with Gasteiger partial charge in [0.2, 0.25) is 0 Å². The predicted octanol–water partition coefficient (Wildman–Crippen LogP) is 2.40. The first-order chi connectivity index (χ1) is 10.8. The molecule has 5 heteroatoms. The molecule has 22 heavy (non-hydrogen) atoms. The third-order valence-corrected chi connectivity index (χ3v) is 5.02. The molecular weight excluding hydrogens is 274 g/mol. The fraction of sp³-hybridized carbons (Fsp3) is 0.588. The normalized spacial score (nSPS) is 20.9. The molecule has 0 atom stereocenters. The number of hydrogen-bond acceptors (Lipinski definition) is 5. The van der Waals surface area contributed by atoms with E-state index in [1.54, 1.807) is 6.33 Å². The highest BCUT2D eigenvalue weighted by Crippen LogP contribution is 2.27. The van der Waals surface area contributed by atoms with Gasteiger partial charge >= 0.3 is 0 Å². The Kier molecular flexibility index (Phi) is 3.66. The number of anilines is 1. The Hall–Kier alpha value is -1.75. The minimum atomic E-state index is 0.765. The third-order valence-electron chi connectivity index (χ3n) is 5.02. The van der Waals surface area contributed by atoms with E-state index < -0.39 is 0 Å². The molecule has 0 saturated carbocycles. The molecule has 0 amide bonds. The molecule has 2 saturated heterocycles. The van der Waals surface area contributed by atoms with Crippen LogP contribution in [-0.2, 0) is 0 Å². The number of aryl methyl sites for hydroxylation is 1. The molecule has 5 nitrogen and oxygen atoms in total. The van der Waals surface area contributed by atoms with E-state index in [0.717, 1.165) is 41.7 Å². The molecule has 2 aromatic rings. The van der Waals surface area contributed by atoms with Gasteiger partial charge in [0, 0.05) is 24.8 Å². The zero-order valence-electron chi connectivity index (χ0n) is 13.2. The highest BCUT2D eigenvalue weighted by Gasteiger charge is 2.27. The van der Waals surface area contributed by atoms with Gasteiger partial charge in [-0.1, -0.05) is 0 Å². The first kappa shape index (κ1) is 13.9. The Morgan fingerprint density at radius 3 is 2.55 bits per heavy atom. The molecule has 2 fully saturated rings. The van der Waals surface area contributed by atoms with Gasteiger partial charge in [0.1, 0.15) is 11.8 Å². The maximum atomic E-state index is 4.67. The van der Waals surface area contributed by atoms with Crippen LogP contribution in [0.3, 0.4) is 0 Å². The first-order valence-corrected chi connectivity index (χ1v) is 8.38. The van der Waals surface area contributed by atoms with Crippen molar-refractivity contribution in [3.63, 3.8) is 0 Å². The summed E-state index contributed by atoms with van der Waals surface area (Å²) in [5.41, 5.74) is 2.91. The summed E-state index contributed by atoms with van der Waals surface area (Å²) >= 11 is 0. The average Bonchev–Trinajstić information content (AvgIpc) is 3.09. The second kappa shape index (κ2) is 5.80. The van der Waals surface area contributed by atoms with Crippen molar-refractivity contribution in [1.29, 1.82) is 0 Å². The number of likely N-dealkylation sites (tertiary alicyclic amines) is 1. The van der Waals surface area contributed by atoms with Crippen LogP contribution in [0, 0.1) is 6.92 Å². The lowest BCUT2D eigenvalue weighted by atomic mass is 10.0. The first-order valence-electron chi connectivity index (χ1n) is 8.38. The van der Waals surface area contributed by atoms with Gasteiger partial charge in [-0.15, -0.1) is 0 Å². The average molecular weight is 297 g/mol. The summed E-state index contributed by atoms with van der Waals surface area (Å²) in [4.78, 5) is 18.6. The second-order valence-electron chi connectivity index (χ2n) is 6.48. The van der Waals surface area contributed by atoms with Crippen LogP contribution in [0.4, 0.5) is 5.82 Å². The number of pyridine rings is 1. The van der Waals surface area contributed by atoms with Gasteiger partial charge in [-0.05, 0) is 57.8 Å². The predicted molar refractivity (Wildman–Crippen MR) is 88.1 cm³/mol. The molecule has 0 aromatic carbocycles.